The van der Waals surface area contributed by atoms with Crippen LogP contribution in [0.2, 0.25) is 5.02 Å². The lowest BCUT2D eigenvalue weighted by atomic mass is 10.1. The molecule has 1 aromatic carbocycles. The third-order valence-corrected chi connectivity index (χ3v) is 3.88. The molecule has 0 unspecified atom stereocenters. The summed E-state index contributed by atoms with van der Waals surface area (Å²) >= 11 is 6.11. The highest BCUT2D eigenvalue weighted by molar-refractivity contribution is 6.33. The van der Waals surface area contributed by atoms with Crippen LogP contribution < -0.4 is 4.90 Å². The number of hydrogen-bond donors (Lipinski definition) is 2. The van der Waals surface area contributed by atoms with Gasteiger partial charge >= 0.3 is 0 Å². The minimum Gasteiger partial charge on any atom is -0.507 e. The number of rotatable bonds is 3. The first-order valence-corrected chi connectivity index (χ1v) is 7.36. The number of aromatic nitrogens is 2. The Bertz CT molecular complexity index is 631. The second-order valence-electron chi connectivity index (χ2n) is 5.03. The van der Waals surface area contributed by atoms with E-state index in [1.165, 1.54) is 0 Å². The predicted octanol–water partition coefficient (Wildman–Crippen LogP) is 1.70. The van der Waals surface area contributed by atoms with Crippen LogP contribution in [0.4, 0.5) is 5.82 Å². The first-order valence-electron chi connectivity index (χ1n) is 6.98. The number of aliphatic hydroxyl groups is 1. The fraction of sp³-hybridized carbons (Fsp3) is 0.333. The summed E-state index contributed by atoms with van der Waals surface area (Å²) in [6.07, 6.45) is -0.206. The maximum Gasteiger partial charge on any atom is 0.151 e. The summed E-state index contributed by atoms with van der Waals surface area (Å²) in [5.74, 6) is 0.776. The number of aliphatic hydroxyl groups excluding tert-OH is 1. The average Bonchev–Trinajstić information content (AvgIpc) is 2.55. The van der Waals surface area contributed by atoms with Gasteiger partial charge in [-0.15, -0.1) is 10.2 Å². The molecule has 6 nitrogen and oxygen atoms in total. The molecular weight excluding hydrogens is 306 g/mol. The van der Waals surface area contributed by atoms with Crippen molar-refractivity contribution in [3.05, 3.63) is 35.4 Å². The van der Waals surface area contributed by atoms with Crippen molar-refractivity contribution in [1.29, 1.82) is 0 Å². The highest BCUT2D eigenvalue weighted by atomic mass is 35.5. The summed E-state index contributed by atoms with van der Waals surface area (Å²) in [4.78, 5) is 2.01. The molecule has 1 aromatic heterocycles. The average molecular weight is 322 g/mol. The summed E-state index contributed by atoms with van der Waals surface area (Å²) in [5, 5.41) is 27.9. The van der Waals surface area contributed by atoms with Gasteiger partial charge in [-0.3, -0.25) is 0 Å². The lowest BCUT2D eigenvalue weighted by molar-refractivity contribution is 0.00332. The van der Waals surface area contributed by atoms with Crippen LogP contribution in [0.25, 0.3) is 11.3 Å². The molecule has 2 heterocycles. The Morgan fingerprint density at radius 1 is 1.27 bits per heavy atom. The summed E-state index contributed by atoms with van der Waals surface area (Å²) in [6, 6.07) is 8.52. The van der Waals surface area contributed by atoms with E-state index in [0.29, 0.717) is 41.8 Å². The molecule has 0 bridgehead atoms. The number of ether oxygens (including phenoxy) is 1. The molecule has 0 saturated carbocycles. The van der Waals surface area contributed by atoms with Crippen LogP contribution in [-0.4, -0.2) is 52.8 Å². The van der Waals surface area contributed by atoms with Crippen LogP contribution in [0.15, 0.2) is 30.3 Å². The quantitative estimate of drug-likeness (QED) is 0.896. The van der Waals surface area contributed by atoms with Gasteiger partial charge in [-0.2, -0.15) is 0 Å². The largest absolute Gasteiger partial charge is 0.507 e. The molecule has 22 heavy (non-hydrogen) atoms. The van der Waals surface area contributed by atoms with E-state index in [2.05, 4.69) is 10.2 Å². The van der Waals surface area contributed by atoms with Gasteiger partial charge in [0.1, 0.15) is 5.75 Å². The second kappa shape index (κ2) is 6.48. The summed E-state index contributed by atoms with van der Waals surface area (Å²) in [6.45, 7) is 1.79. The van der Waals surface area contributed by atoms with Crippen LogP contribution in [0.1, 0.15) is 0 Å². The molecule has 7 heteroatoms. The second-order valence-corrected chi connectivity index (χ2v) is 5.44. The van der Waals surface area contributed by atoms with Gasteiger partial charge in [-0.25, -0.2) is 0 Å². The third kappa shape index (κ3) is 2.99. The standard InChI is InChI=1S/C15H16ClN3O3/c16-11-2-1-3-13(21)15(11)12-4-5-14(18-17-12)19-6-7-22-10(8-19)9-20/h1-5,10,20-21H,6-9H2/t10-/m0/s1. The minimum absolute atomic E-state index is 0.0183. The van der Waals surface area contributed by atoms with E-state index in [1.807, 2.05) is 11.0 Å². The van der Waals surface area contributed by atoms with Gasteiger partial charge in [0.2, 0.25) is 0 Å². The zero-order valence-corrected chi connectivity index (χ0v) is 12.6. The van der Waals surface area contributed by atoms with Crippen molar-refractivity contribution in [3.63, 3.8) is 0 Å². The molecule has 1 atom stereocenters. The van der Waals surface area contributed by atoms with Gasteiger partial charge in [0, 0.05) is 13.1 Å². The number of benzene rings is 1. The van der Waals surface area contributed by atoms with E-state index in [-0.39, 0.29) is 18.5 Å². The zero-order chi connectivity index (χ0) is 15.5. The van der Waals surface area contributed by atoms with Gasteiger partial charge < -0.3 is 19.8 Å². The van der Waals surface area contributed by atoms with Crippen molar-refractivity contribution < 1.29 is 14.9 Å². The number of morpholine rings is 1. The van der Waals surface area contributed by atoms with E-state index in [9.17, 15) is 10.2 Å². The molecule has 0 spiro atoms. The monoisotopic (exact) mass is 321 g/mol. The van der Waals surface area contributed by atoms with E-state index >= 15 is 0 Å². The highest BCUT2D eigenvalue weighted by Gasteiger charge is 2.21. The van der Waals surface area contributed by atoms with Crippen LogP contribution in [-0.2, 0) is 4.74 Å². The van der Waals surface area contributed by atoms with E-state index in [1.54, 1.807) is 24.3 Å². The SMILES string of the molecule is OC[C@@H]1CN(c2ccc(-c3c(O)cccc3Cl)nn2)CCO1. The van der Waals surface area contributed by atoms with Crippen molar-refractivity contribution in [1.82, 2.24) is 10.2 Å². The number of phenolic OH excluding ortho intramolecular Hbond substituents is 1. The van der Waals surface area contributed by atoms with Crippen LogP contribution in [0.5, 0.6) is 5.75 Å². The minimum atomic E-state index is -0.206. The molecular formula is C15H16ClN3O3. The Morgan fingerprint density at radius 2 is 2.14 bits per heavy atom. The summed E-state index contributed by atoms with van der Waals surface area (Å²) in [5.41, 5.74) is 0.984. The van der Waals surface area contributed by atoms with Crippen molar-refractivity contribution in [2.24, 2.45) is 0 Å². The first-order chi connectivity index (χ1) is 10.7. The number of nitrogens with zero attached hydrogens (tertiary/aromatic N) is 3. The molecule has 0 aliphatic carbocycles. The topological polar surface area (TPSA) is 78.7 Å². The number of phenols is 1. The Kier molecular flexibility index (Phi) is 4.42. The van der Waals surface area contributed by atoms with E-state index in [0.717, 1.165) is 0 Å². The smallest absolute Gasteiger partial charge is 0.151 e. The predicted molar refractivity (Wildman–Crippen MR) is 83.2 cm³/mol. The normalized spacial score (nSPS) is 18.5. The third-order valence-electron chi connectivity index (χ3n) is 3.56. The molecule has 1 saturated heterocycles. The lowest BCUT2D eigenvalue weighted by Gasteiger charge is -2.32. The number of aromatic hydroxyl groups is 1. The lowest BCUT2D eigenvalue weighted by Crippen LogP contribution is -2.44. The molecule has 1 aliphatic rings. The highest BCUT2D eigenvalue weighted by Crippen LogP contribution is 2.34. The van der Waals surface area contributed by atoms with Gasteiger partial charge in [-0.05, 0) is 24.3 Å². The molecule has 3 rings (SSSR count). The van der Waals surface area contributed by atoms with Crippen LogP contribution >= 0.6 is 11.6 Å². The van der Waals surface area contributed by atoms with Gasteiger partial charge in [0.25, 0.3) is 0 Å². The first kappa shape index (κ1) is 15.0. The van der Waals surface area contributed by atoms with Crippen molar-refractivity contribution in [2.45, 2.75) is 6.10 Å². The molecule has 2 aromatic rings. The number of hydrogen-bond acceptors (Lipinski definition) is 6. The summed E-state index contributed by atoms with van der Waals surface area (Å²) < 4.78 is 5.41. The van der Waals surface area contributed by atoms with Gasteiger partial charge in [0.05, 0.1) is 35.6 Å². The fourth-order valence-electron chi connectivity index (χ4n) is 2.43. The van der Waals surface area contributed by atoms with E-state index in [4.69, 9.17) is 16.3 Å². The maximum absolute atomic E-state index is 9.92. The van der Waals surface area contributed by atoms with Gasteiger partial charge in [0.15, 0.2) is 5.82 Å². The maximum atomic E-state index is 9.92. The molecule has 0 amide bonds. The Morgan fingerprint density at radius 3 is 2.82 bits per heavy atom. The molecule has 2 N–H and O–H groups in total. The summed E-state index contributed by atoms with van der Waals surface area (Å²) in [7, 11) is 0. The van der Waals surface area contributed by atoms with Crippen molar-refractivity contribution >= 4 is 17.4 Å². The molecule has 1 aliphatic heterocycles. The number of anilines is 1. The van der Waals surface area contributed by atoms with Crippen LogP contribution in [0.3, 0.4) is 0 Å². The number of halogens is 1. The van der Waals surface area contributed by atoms with Crippen LogP contribution in [0, 0.1) is 0 Å². The Labute approximate surface area is 132 Å². The van der Waals surface area contributed by atoms with Crippen molar-refractivity contribution in [3.8, 4) is 17.0 Å². The van der Waals surface area contributed by atoms with E-state index < -0.39 is 0 Å². The molecule has 1 fully saturated rings. The zero-order valence-electron chi connectivity index (χ0n) is 11.8. The van der Waals surface area contributed by atoms with Gasteiger partial charge in [-0.1, -0.05) is 17.7 Å². The Balaban J connectivity index is 1.84. The fourth-order valence-corrected chi connectivity index (χ4v) is 2.70. The molecule has 116 valence electrons. The molecule has 0 radical (unpaired) electrons. The van der Waals surface area contributed by atoms with Crippen molar-refractivity contribution in [2.75, 3.05) is 31.2 Å². The Hall–Kier alpha value is -1.89.